The summed E-state index contributed by atoms with van der Waals surface area (Å²) in [7, 11) is 5.31. The number of carbonyl (C=O) groups excluding carboxylic acids is 1. The number of hydrogen-bond donors (Lipinski definition) is 1. The van der Waals surface area contributed by atoms with Crippen molar-refractivity contribution in [3.05, 3.63) is 86.6 Å². The van der Waals surface area contributed by atoms with Gasteiger partial charge < -0.3 is 19.8 Å². The zero-order valence-corrected chi connectivity index (χ0v) is 30.1. The summed E-state index contributed by atoms with van der Waals surface area (Å²) >= 11 is 8.73. The smallest absolute Gasteiger partial charge is 0.354 e. The van der Waals surface area contributed by atoms with Gasteiger partial charge in [0.15, 0.2) is 0 Å². The number of hydrogen-bond acceptors (Lipinski definition) is 7. The first kappa shape index (κ1) is 33.9. The van der Waals surface area contributed by atoms with Crippen LogP contribution in [0.4, 0.5) is 0 Å². The van der Waals surface area contributed by atoms with Gasteiger partial charge in [-0.15, -0.1) is 11.8 Å². The van der Waals surface area contributed by atoms with Crippen molar-refractivity contribution in [2.24, 2.45) is 19.8 Å². The minimum atomic E-state index is -0.384. The maximum absolute atomic E-state index is 13.3. The van der Waals surface area contributed by atoms with Crippen LogP contribution in [0.25, 0.3) is 28.1 Å². The molecule has 5 aromatic rings. The molecule has 0 atom stereocenters. The van der Waals surface area contributed by atoms with E-state index in [9.17, 15) is 4.79 Å². The van der Waals surface area contributed by atoms with Gasteiger partial charge in [0.05, 0.1) is 35.6 Å². The van der Waals surface area contributed by atoms with Gasteiger partial charge in [0.1, 0.15) is 11.4 Å². The number of aromatic nitrogens is 5. The summed E-state index contributed by atoms with van der Waals surface area (Å²) in [5.41, 5.74) is 16.7. The van der Waals surface area contributed by atoms with Gasteiger partial charge in [-0.25, -0.2) is 4.79 Å². The number of aryl methyl sites for hydroxylation is 6. The Morgan fingerprint density at radius 1 is 1.15 bits per heavy atom. The largest absolute Gasteiger partial charge is 0.493 e. The van der Waals surface area contributed by atoms with Crippen molar-refractivity contribution in [2.45, 2.75) is 70.2 Å². The lowest BCUT2D eigenvalue weighted by atomic mass is 9.97. The third-order valence-electron chi connectivity index (χ3n) is 9.11. The molecule has 0 radical (unpaired) electrons. The van der Waals surface area contributed by atoms with Crippen molar-refractivity contribution >= 4 is 46.3 Å². The molecule has 0 bridgehead atoms. The van der Waals surface area contributed by atoms with E-state index in [1.807, 2.05) is 60.1 Å². The van der Waals surface area contributed by atoms with E-state index >= 15 is 0 Å². The Labute approximate surface area is 291 Å². The van der Waals surface area contributed by atoms with Gasteiger partial charge in [0.25, 0.3) is 0 Å². The van der Waals surface area contributed by atoms with Crippen LogP contribution in [0.5, 0.6) is 5.75 Å². The lowest BCUT2D eigenvalue weighted by Gasteiger charge is -2.14. The fraction of sp³-hybridized carbons (Fsp3) is 0.378. The van der Waals surface area contributed by atoms with Crippen LogP contribution in [0.2, 0.25) is 5.02 Å². The van der Waals surface area contributed by atoms with Gasteiger partial charge in [-0.05, 0) is 81.8 Å². The molecule has 252 valence electrons. The highest BCUT2D eigenvalue weighted by Crippen LogP contribution is 2.43. The van der Waals surface area contributed by atoms with E-state index in [0.29, 0.717) is 36.7 Å². The van der Waals surface area contributed by atoms with Crippen molar-refractivity contribution < 1.29 is 14.3 Å². The SMILES string of the molecule is C/C=C\c1c(C)cc(SCc2cc(C)nn2C)cc1OCCCc1c(C(=O)OC)n(C)c2c(-c3c(CN)nn4c3CCC4)c(Cl)ccc12. The molecule has 1 aliphatic heterocycles. The van der Waals surface area contributed by atoms with Gasteiger partial charge >= 0.3 is 5.97 Å². The number of benzene rings is 2. The fourth-order valence-electron chi connectivity index (χ4n) is 6.97. The zero-order valence-electron chi connectivity index (χ0n) is 28.5. The van der Waals surface area contributed by atoms with E-state index in [1.54, 1.807) is 11.8 Å². The monoisotopic (exact) mass is 686 g/mol. The number of esters is 1. The molecule has 0 unspecified atom stereocenters. The summed E-state index contributed by atoms with van der Waals surface area (Å²) in [6.07, 6.45) is 7.38. The molecule has 2 N–H and O–H groups in total. The number of carbonyl (C=O) groups is 1. The highest BCUT2D eigenvalue weighted by Gasteiger charge is 2.29. The van der Waals surface area contributed by atoms with Crippen LogP contribution >= 0.6 is 23.4 Å². The second-order valence-electron chi connectivity index (χ2n) is 12.3. The number of thioether (sulfide) groups is 1. The number of nitrogens with two attached hydrogens (primary N) is 1. The first-order chi connectivity index (χ1) is 23.2. The number of fused-ring (bicyclic) bond motifs is 2. The van der Waals surface area contributed by atoms with Gasteiger partial charge in [0.2, 0.25) is 0 Å². The Kier molecular flexibility index (Phi) is 10.1. The van der Waals surface area contributed by atoms with E-state index in [4.69, 9.17) is 31.9 Å². The number of ether oxygens (including phenoxy) is 2. The molecule has 0 aliphatic carbocycles. The molecular weight excluding hydrogens is 644 g/mol. The summed E-state index contributed by atoms with van der Waals surface area (Å²) in [6, 6.07) is 10.4. The summed E-state index contributed by atoms with van der Waals surface area (Å²) in [4.78, 5) is 14.4. The van der Waals surface area contributed by atoms with Crippen LogP contribution in [0, 0.1) is 13.8 Å². The predicted octanol–water partition coefficient (Wildman–Crippen LogP) is 7.57. The van der Waals surface area contributed by atoms with Crippen LogP contribution in [-0.2, 0) is 50.5 Å². The lowest BCUT2D eigenvalue weighted by Crippen LogP contribution is -2.11. The molecule has 4 heterocycles. The van der Waals surface area contributed by atoms with Crippen molar-refractivity contribution in [3.8, 4) is 16.9 Å². The maximum Gasteiger partial charge on any atom is 0.354 e. The van der Waals surface area contributed by atoms with E-state index in [1.165, 1.54) is 12.8 Å². The molecule has 0 saturated heterocycles. The predicted molar refractivity (Wildman–Crippen MR) is 194 cm³/mol. The zero-order chi connectivity index (χ0) is 34.1. The quantitative estimate of drug-likeness (QED) is 0.0820. The Balaban J connectivity index is 1.29. The molecule has 9 nitrogen and oxygen atoms in total. The highest BCUT2D eigenvalue weighted by atomic mass is 35.5. The summed E-state index contributed by atoms with van der Waals surface area (Å²) in [5.74, 6) is 1.28. The third kappa shape index (κ3) is 6.29. The number of methoxy groups -OCH3 is 1. The topological polar surface area (TPSA) is 102 Å². The van der Waals surface area contributed by atoms with E-state index in [-0.39, 0.29) is 5.97 Å². The van der Waals surface area contributed by atoms with Crippen molar-refractivity contribution in [3.63, 3.8) is 0 Å². The number of allylic oxidation sites excluding steroid dienone is 1. The van der Waals surface area contributed by atoms with Crippen molar-refractivity contribution in [2.75, 3.05) is 13.7 Å². The van der Waals surface area contributed by atoms with Gasteiger partial charge in [0, 0.05) is 71.3 Å². The van der Waals surface area contributed by atoms with Gasteiger partial charge in [-0.2, -0.15) is 10.2 Å². The molecule has 11 heteroatoms. The molecule has 0 saturated carbocycles. The minimum absolute atomic E-state index is 0.303. The van der Waals surface area contributed by atoms with Crippen molar-refractivity contribution in [1.82, 2.24) is 24.1 Å². The molecule has 48 heavy (non-hydrogen) atoms. The molecule has 2 aromatic carbocycles. The van der Waals surface area contributed by atoms with Gasteiger partial charge in [-0.3, -0.25) is 9.36 Å². The minimum Gasteiger partial charge on any atom is -0.493 e. The van der Waals surface area contributed by atoms with Crippen LogP contribution in [0.1, 0.15) is 69.7 Å². The number of halogens is 1. The van der Waals surface area contributed by atoms with Gasteiger partial charge in [-0.1, -0.05) is 29.8 Å². The second-order valence-corrected chi connectivity index (χ2v) is 13.7. The van der Waals surface area contributed by atoms with E-state index in [2.05, 4.69) is 36.3 Å². The molecule has 6 rings (SSSR count). The molecule has 0 amide bonds. The Morgan fingerprint density at radius 2 is 1.96 bits per heavy atom. The van der Waals surface area contributed by atoms with Crippen molar-refractivity contribution in [1.29, 1.82) is 0 Å². The summed E-state index contributed by atoms with van der Waals surface area (Å²) < 4.78 is 17.7. The first-order valence-electron chi connectivity index (χ1n) is 16.4. The molecular formula is C37H43ClN6O3S. The average molecular weight is 687 g/mol. The molecule has 3 aromatic heterocycles. The maximum atomic E-state index is 13.3. The lowest BCUT2D eigenvalue weighted by molar-refractivity contribution is 0.0589. The Hall–Kier alpha value is -3.99. The third-order valence-corrected chi connectivity index (χ3v) is 10.4. The molecule has 1 aliphatic rings. The van der Waals surface area contributed by atoms with E-state index < -0.39 is 0 Å². The normalized spacial score (nSPS) is 12.8. The Morgan fingerprint density at radius 3 is 2.67 bits per heavy atom. The number of rotatable bonds is 12. The highest BCUT2D eigenvalue weighted by molar-refractivity contribution is 7.98. The van der Waals surface area contributed by atoms with Crippen LogP contribution in [0.3, 0.4) is 0 Å². The average Bonchev–Trinajstić information content (AvgIpc) is 3.81. The number of nitrogens with zero attached hydrogens (tertiary/aromatic N) is 5. The molecule has 0 spiro atoms. The first-order valence-corrected chi connectivity index (χ1v) is 17.7. The standard InChI is InChI=1S/C37H43ClN6O3S/c1-7-10-26-22(2)17-25(48-21-24-18-23(3)40-43(24)5)19-32(26)47-16-9-11-27-28-13-14-29(38)33(35(28)42(4)36(27)37(45)46-6)34-30(20-39)41-44-15-8-12-31(34)44/h7,10,13-14,17-19H,8-9,11-12,15-16,20-21,39H2,1-6H3/b10-7-. The van der Waals surface area contributed by atoms with Crippen LogP contribution < -0.4 is 10.5 Å². The van der Waals surface area contributed by atoms with E-state index in [0.717, 1.165) is 91.6 Å². The second kappa shape index (κ2) is 14.2. The van der Waals surface area contributed by atoms with Crippen LogP contribution in [0.15, 0.2) is 41.3 Å². The molecule has 0 fully saturated rings. The van der Waals surface area contributed by atoms with Crippen LogP contribution in [-0.4, -0.2) is 43.8 Å². The fourth-order valence-corrected chi connectivity index (χ4v) is 8.25. The summed E-state index contributed by atoms with van der Waals surface area (Å²) in [5, 5.41) is 10.9. The Bertz CT molecular complexity index is 2040. The summed E-state index contributed by atoms with van der Waals surface area (Å²) in [6.45, 7) is 7.79.